The van der Waals surface area contributed by atoms with Crippen LogP contribution in [0.1, 0.15) is 54.2 Å². The Kier molecular flexibility index (Phi) is 3.96. The van der Waals surface area contributed by atoms with Gasteiger partial charge in [0.2, 0.25) is 0 Å². The molecule has 0 bridgehead atoms. The van der Waals surface area contributed by atoms with Gasteiger partial charge in [0.15, 0.2) is 4.83 Å². The first-order chi connectivity index (χ1) is 11.6. The Morgan fingerprint density at radius 1 is 1.17 bits per heavy atom. The molecule has 0 saturated heterocycles. The van der Waals surface area contributed by atoms with Gasteiger partial charge in [-0.15, -0.1) is 16.4 Å². The van der Waals surface area contributed by atoms with E-state index in [0.717, 1.165) is 35.0 Å². The molecule has 0 aliphatic heterocycles. The van der Waals surface area contributed by atoms with Gasteiger partial charge >= 0.3 is 0 Å². The number of hydrogen-bond acceptors (Lipinski definition) is 4. The summed E-state index contributed by atoms with van der Waals surface area (Å²) in [5.74, 6) is 0.509. The van der Waals surface area contributed by atoms with Crippen LogP contribution in [-0.4, -0.2) is 15.0 Å². The van der Waals surface area contributed by atoms with Crippen LogP contribution in [0.5, 0.6) is 0 Å². The lowest BCUT2D eigenvalue weighted by Gasteiger charge is -2.10. The normalized spacial score (nSPS) is 14.3. The van der Waals surface area contributed by atoms with Crippen molar-refractivity contribution < 1.29 is 0 Å². The predicted octanol–water partition coefficient (Wildman–Crippen LogP) is 3.90. The maximum atomic E-state index is 12.9. The van der Waals surface area contributed by atoms with Crippen LogP contribution in [0.2, 0.25) is 0 Å². The molecule has 0 spiro atoms. The summed E-state index contributed by atoms with van der Waals surface area (Å²) in [6.45, 7) is 4.84. The quantitative estimate of drug-likeness (QED) is 0.727. The van der Waals surface area contributed by atoms with E-state index in [1.165, 1.54) is 27.1 Å². The average molecular weight is 339 g/mol. The molecule has 124 valence electrons. The van der Waals surface area contributed by atoms with Crippen molar-refractivity contribution in [3.8, 4) is 0 Å². The number of hydrogen-bond donors (Lipinski definition) is 0. The molecule has 1 aliphatic rings. The first-order valence-corrected chi connectivity index (χ1v) is 9.42. The Balaban J connectivity index is 1.72. The number of rotatable bonds is 3. The van der Waals surface area contributed by atoms with Crippen molar-refractivity contribution in [2.24, 2.45) is 0 Å². The molecule has 0 amide bonds. The molecule has 24 heavy (non-hydrogen) atoms. The van der Waals surface area contributed by atoms with Gasteiger partial charge in [0.1, 0.15) is 0 Å². The van der Waals surface area contributed by atoms with Crippen molar-refractivity contribution in [2.45, 2.75) is 52.0 Å². The van der Waals surface area contributed by atoms with E-state index in [9.17, 15) is 4.79 Å². The van der Waals surface area contributed by atoms with Crippen LogP contribution >= 0.6 is 11.3 Å². The smallest absolute Gasteiger partial charge is 0.267 e. The average Bonchev–Trinajstić information content (AvgIpc) is 2.97. The van der Waals surface area contributed by atoms with Gasteiger partial charge in [-0.3, -0.25) is 4.79 Å². The van der Waals surface area contributed by atoms with E-state index >= 15 is 0 Å². The van der Waals surface area contributed by atoms with E-state index in [4.69, 9.17) is 0 Å². The number of benzene rings is 1. The zero-order valence-corrected chi connectivity index (χ0v) is 14.9. The van der Waals surface area contributed by atoms with Gasteiger partial charge in [0.25, 0.3) is 5.56 Å². The Bertz CT molecular complexity index is 938. The van der Waals surface area contributed by atoms with E-state index < -0.39 is 0 Å². The summed E-state index contributed by atoms with van der Waals surface area (Å²) in [5, 5.41) is 9.30. The van der Waals surface area contributed by atoms with Crippen molar-refractivity contribution in [1.82, 2.24) is 15.0 Å². The fraction of sp³-hybridized carbons (Fsp3) is 0.421. The Morgan fingerprint density at radius 2 is 1.92 bits per heavy atom. The van der Waals surface area contributed by atoms with Gasteiger partial charge < -0.3 is 0 Å². The topological polar surface area (TPSA) is 47.8 Å². The van der Waals surface area contributed by atoms with Crippen LogP contribution in [0.15, 0.2) is 29.1 Å². The van der Waals surface area contributed by atoms with Gasteiger partial charge in [0, 0.05) is 4.88 Å². The van der Waals surface area contributed by atoms with Crippen molar-refractivity contribution in [3.05, 3.63) is 56.2 Å². The number of nitrogens with zero attached hydrogens (tertiary/aromatic N) is 3. The molecule has 0 saturated carbocycles. The first-order valence-electron chi connectivity index (χ1n) is 8.60. The van der Waals surface area contributed by atoms with Gasteiger partial charge in [-0.05, 0) is 48.3 Å². The van der Waals surface area contributed by atoms with Crippen molar-refractivity contribution in [3.63, 3.8) is 0 Å². The molecule has 2 heterocycles. The maximum absolute atomic E-state index is 12.9. The van der Waals surface area contributed by atoms with Crippen LogP contribution < -0.4 is 5.56 Å². The maximum Gasteiger partial charge on any atom is 0.279 e. The highest BCUT2D eigenvalue weighted by Gasteiger charge is 2.20. The Labute approximate surface area is 145 Å². The molecule has 4 nitrogen and oxygen atoms in total. The van der Waals surface area contributed by atoms with Crippen molar-refractivity contribution in [2.75, 3.05) is 0 Å². The van der Waals surface area contributed by atoms with E-state index in [2.05, 4.69) is 48.4 Å². The standard InChI is InChI=1S/C19H21N3OS/c1-12(2)14-9-7-13(8-10-14)11-22-19(23)17-15-5-3-4-6-16(15)24-18(17)20-21-22/h7-10,12H,3-6,11H2,1-2H3. The van der Waals surface area contributed by atoms with Crippen molar-refractivity contribution in [1.29, 1.82) is 0 Å². The summed E-state index contributed by atoms with van der Waals surface area (Å²) in [6, 6.07) is 8.42. The van der Waals surface area contributed by atoms with Crippen LogP contribution in [0, 0.1) is 0 Å². The molecule has 4 rings (SSSR count). The SMILES string of the molecule is CC(C)c1ccc(Cn2nnc3sc4c(c3c2=O)CCCC4)cc1. The summed E-state index contributed by atoms with van der Waals surface area (Å²) < 4.78 is 1.51. The number of fused-ring (bicyclic) bond motifs is 3. The number of aryl methyl sites for hydroxylation is 2. The molecule has 2 aromatic heterocycles. The summed E-state index contributed by atoms with van der Waals surface area (Å²) in [4.78, 5) is 15.0. The first kappa shape index (κ1) is 15.5. The minimum atomic E-state index is 0.00679. The van der Waals surface area contributed by atoms with Crippen LogP contribution in [-0.2, 0) is 19.4 Å². The molecular weight excluding hydrogens is 318 g/mol. The fourth-order valence-electron chi connectivity index (χ4n) is 3.39. The highest BCUT2D eigenvalue weighted by atomic mass is 32.1. The van der Waals surface area contributed by atoms with Crippen molar-refractivity contribution >= 4 is 21.6 Å². The lowest BCUT2D eigenvalue weighted by atomic mass is 9.97. The van der Waals surface area contributed by atoms with Crippen LogP contribution in [0.4, 0.5) is 0 Å². The van der Waals surface area contributed by atoms with Gasteiger partial charge in [0.05, 0.1) is 11.9 Å². The van der Waals surface area contributed by atoms with Gasteiger partial charge in [-0.25, -0.2) is 4.68 Å². The third kappa shape index (κ3) is 2.67. The number of thiophene rings is 1. The third-order valence-electron chi connectivity index (χ3n) is 4.82. The van der Waals surface area contributed by atoms with E-state index in [1.54, 1.807) is 11.3 Å². The molecule has 1 aliphatic carbocycles. The molecular formula is C19H21N3OS. The largest absolute Gasteiger partial charge is 0.279 e. The molecule has 0 atom stereocenters. The molecule has 0 unspecified atom stereocenters. The van der Waals surface area contributed by atoms with Gasteiger partial charge in [-0.2, -0.15) is 0 Å². The summed E-state index contributed by atoms with van der Waals surface area (Å²) in [6.07, 6.45) is 4.45. The number of aromatic nitrogens is 3. The minimum absolute atomic E-state index is 0.00679. The Hall–Kier alpha value is -2.01. The fourth-order valence-corrected chi connectivity index (χ4v) is 4.59. The van der Waals surface area contributed by atoms with Crippen LogP contribution in [0.3, 0.4) is 0 Å². The third-order valence-corrected chi connectivity index (χ3v) is 6.00. The van der Waals surface area contributed by atoms with Gasteiger partial charge in [-0.1, -0.05) is 43.3 Å². The van der Waals surface area contributed by atoms with E-state index in [0.29, 0.717) is 12.5 Å². The monoisotopic (exact) mass is 339 g/mol. The highest BCUT2D eigenvalue weighted by Crippen LogP contribution is 2.33. The summed E-state index contributed by atoms with van der Waals surface area (Å²) >= 11 is 1.65. The second-order valence-corrected chi connectivity index (χ2v) is 7.92. The second kappa shape index (κ2) is 6.13. The Morgan fingerprint density at radius 3 is 2.67 bits per heavy atom. The minimum Gasteiger partial charge on any atom is -0.267 e. The summed E-state index contributed by atoms with van der Waals surface area (Å²) in [5.41, 5.74) is 3.62. The molecule has 5 heteroatoms. The molecule has 0 fully saturated rings. The second-order valence-electron chi connectivity index (χ2n) is 6.84. The zero-order chi connectivity index (χ0) is 16.7. The van der Waals surface area contributed by atoms with E-state index in [1.807, 2.05) is 0 Å². The molecule has 3 aromatic rings. The molecule has 0 N–H and O–H groups in total. The highest BCUT2D eigenvalue weighted by molar-refractivity contribution is 7.18. The van der Waals surface area contributed by atoms with Crippen LogP contribution in [0.25, 0.3) is 10.2 Å². The lowest BCUT2D eigenvalue weighted by Crippen LogP contribution is -2.25. The van der Waals surface area contributed by atoms with E-state index in [-0.39, 0.29) is 5.56 Å². The predicted molar refractivity (Wildman–Crippen MR) is 98.0 cm³/mol. The summed E-state index contributed by atoms with van der Waals surface area (Å²) in [7, 11) is 0. The zero-order valence-electron chi connectivity index (χ0n) is 14.1. The molecule has 1 aromatic carbocycles. The molecule has 0 radical (unpaired) electrons. The lowest BCUT2D eigenvalue weighted by molar-refractivity contribution is 0.600.